The number of nitrogens with zero attached hydrogens (tertiary/aromatic N) is 1. The van der Waals surface area contributed by atoms with Gasteiger partial charge < -0.3 is 10.6 Å². The smallest absolute Gasteiger partial charge is 0.216 e. The molecule has 0 saturated heterocycles. The van der Waals surface area contributed by atoms with Crippen LogP contribution in [0.3, 0.4) is 0 Å². The molecule has 3 N–H and O–H groups in total. The quantitative estimate of drug-likeness (QED) is 0.178. The van der Waals surface area contributed by atoms with Gasteiger partial charge in [0.2, 0.25) is 10.0 Å². The maximum absolute atomic E-state index is 12.0. The van der Waals surface area contributed by atoms with Gasteiger partial charge in [-0.05, 0) is 64.0 Å². The second-order valence-corrected chi connectivity index (χ2v) is 9.58. The fourth-order valence-electron chi connectivity index (χ4n) is 3.35. The Kier molecular flexibility index (Phi) is 12.6. The average Bonchev–Trinajstić information content (AvgIpc) is 2.67. The van der Waals surface area contributed by atoms with Crippen molar-refractivity contribution in [3.63, 3.8) is 0 Å². The van der Waals surface area contributed by atoms with Crippen LogP contribution in [0.1, 0.15) is 64.0 Å². The summed E-state index contributed by atoms with van der Waals surface area (Å²) in [4.78, 5) is 4.65. The third kappa shape index (κ3) is 10.8. The lowest BCUT2D eigenvalue weighted by Gasteiger charge is -2.15. The summed E-state index contributed by atoms with van der Waals surface area (Å²) in [5, 5.41) is 6.69. The minimum Gasteiger partial charge on any atom is -0.357 e. The lowest BCUT2D eigenvalue weighted by Crippen LogP contribution is -2.37. The van der Waals surface area contributed by atoms with Gasteiger partial charge in [0.25, 0.3) is 0 Å². The molecule has 0 saturated carbocycles. The number of hydrogen-bond acceptors (Lipinski definition) is 3. The fourth-order valence-corrected chi connectivity index (χ4v) is 4.78. The normalized spacial score (nSPS) is 14.8. The van der Waals surface area contributed by atoms with E-state index in [1.54, 1.807) is 5.57 Å². The Hall–Kier alpha value is -1.13. The summed E-state index contributed by atoms with van der Waals surface area (Å²) in [5.41, 5.74) is 3.38. The molecule has 0 heterocycles. The number of nitrogens with one attached hydrogen (secondary N) is 3. The van der Waals surface area contributed by atoms with Crippen LogP contribution in [0, 0.1) is 0 Å². The Morgan fingerprint density at radius 3 is 2.40 bits per heavy atom. The first-order valence-electron chi connectivity index (χ1n) is 10.7. The van der Waals surface area contributed by atoms with Crippen LogP contribution in [0.15, 0.2) is 40.9 Å². The highest BCUT2D eigenvalue weighted by molar-refractivity contribution is 14.0. The van der Waals surface area contributed by atoms with Crippen LogP contribution >= 0.6 is 24.0 Å². The predicted octanol–water partition coefficient (Wildman–Crippen LogP) is 4.08. The first kappa shape index (κ1) is 26.9. The van der Waals surface area contributed by atoms with Crippen molar-refractivity contribution in [2.24, 2.45) is 4.99 Å². The molecule has 2 rings (SSSR count). The van der Waals surface area contributed by atoms with Gasteiger partial charge in [-0.1, -0.05) is 35.9 Å². The van der Waals surface area contributed by atoms with Gasteiger partial charge in [0.15, 0.2) is 5.96 Å². The number of aliphatic imine (C=N–C) groups is 1. The van der Waals surface area contributed by atoms with Crippen LogP contribution in [0.4, 0.5) is 0 Å². The summed E-state index contributed by atoms with van der Waals surface area (Å²) >= 11 is 0. The van der Waals surface area contributed by atoms with Gasteiger partial charge >= 0.3 is 0 Å². The molecule has 1 aliphatic rings. The van der Waals surface area contributed by atoms with Gasteiger partial charge in [0.05, 0.1) is 12.3 Å². The van der Waals surface area contributed by atoms with Crippen molar-refractivity contribution in [3.05, 3.63) is 47.0 Å². The van der Waals surface area contributed by atoms with E-state index in [2.05, 4.69) is 33.3 Å². The molecule has 0 bridgehead atoms. The number of benzene rings is 1. The molecule has 8 heteroatoms. The van der Waals surface area contributed by atoms with E-state index >= 15 is 0 Å². The molecule has 170 valence electrons. The van der Waals surface area contributed by atoms with E-state index in [1.807, 2.05) is 38.1 Å². The van der Waals surface area contributed by atoms with E-state index in [0.717, 1.165) is 36.6 Å². The molecule has 0 aliphatic heterocycles. The molecule has 1 aliphatic carbocycles. The van der Waals surface area contributed by atoms with Crippen molar-refractivity contribution < 1.29 is 8.42 Å². The second-order valence-electron chi connectivity index (χ2n) is 7.83. The summed E-state index contributed by atoms with van der Waals surface area (Å²) < 4.78 is 26.7. The van der Waals surface area contributed by atoms with Gasteiger partial charge in [-0.25, -0.2) is 18.1 Å². The number of hydrogen-bond donors (Lipinski definition) is 3. The monoisotopic (exact) mass is 548 g/mol. The first-order valence-corrected chi connectivity index (χ1v) is 12.3. The largest absolute Gasteiger partial charge is 0.357 e. The molecule has 1 aromatic carbocycles. The average molecular weight is 549 g/mol. The highest BCUT2D eigenvalue weighted by atomic mass is 127. The van der Waals surface area contributed by atoms with E-state index < -0.39 is 10.0 Å². The van der Waals surface area contributed by atoms with Gasteiger partial charge in [0, 0.05) is 19.1 Å². The van der Waals surface area contributed by atoms with Crippen molar-refractivity contribution in [1.29, 1.82) is 0 Å². The molecular weight excluding hydrogens is 511 g/mol. The van der Waals surface area contributed by atoms with Crippen LogP contribution in [0.5, 0.6) is 0 Å². The number of rotatable bonds is 10. The Bertz CT molecular complexity index is 790. The van der Waals surface area contributed by atoms with E-state index in [0.29, 0.717) is 6.54 Å². The zero-order valence-electron chi connectivity index (χ0n) is 18.4. The number of guanidine groups is 1. The molecule has 6 nitrogen and oxygen atoms in total. The summed E-state index contributed by atoms with van der Waals surface area (Å²) in [6.07, 6.45) is 8.52. The maximum Gasteiger partial charge on any atom is 0.216 e. The Balaban J connectivity index is 0.00000450. The predicted molar refractivity (Wildman–Crippen MR) is 137 cm³/mol. The molecule has 0 spiro atoms. The Labute approximate surface area is 199 Å². The van der Waals surface area contributed by atoms with Crippen molar-refractivity contribution in [2.75, 3.05) is 13.1 Å². The topological polar surface area (TPSA) is 82.6 Å². The minimum atomic E-state index is -3.30. The summed E-state index contributed by atoms with van der Waals surface area (Å²) in [7, 11) is -3.30. The zero-order chi connectivity index (χ0) is 21.1. The van der Waals surface area contributed by atoms with Crippen molar-refractivity contribution >= 4 is 40.0 Å². The van der Waals surface area contributed by atoms with Crippen LogP contribution < -0.4 is 15.4 Å². The van der Waals surface area contributed by atoms with E-state index in [9.17, 15) is 8.42 Å². The standard InChI is InChI=1S/C22H36N4O2S.HI/c1-4-23-22(24-15-14-19-8-6-5-7-9-19)25-16-20-10-12-21(13-11-20)17-29(27,28)26-18(2)3;/h8,10-13,18,26H,4-7,9,14-17H2,1-3H3,(H2,23,24,25);1H. The lowest BCUT2D eigenvalue weighted by molar-refractivity contribution is 0.569. The fraction of sp³-hybridized carbons (Fsp3) is 0.591. The van der Waals surface area contributed by atoms with Crippen molar-refractivity contribution in [1.82, 2.24) is 15.4 Å². The summed E-state index contributed by atoms with van der Waals surface area (Å²) in [5.74, 6) is 0.811. The Morgan fingerprint density at radius 1 is 1.10 bits per heavy atom. The van der Waals surface area contributed by atoms with E-state index in [1.165, 1.54) is 25.7 Å². The molecule has 0 atom stereocenters. The SMILES string of the molecule is CCNC(=NCc1ccc(CS(=O)(=O)NC(C)C)cc1)NCCC1=CCCCC1.I. The minimum absolute atomic E-state index is 0. The van der Waals surface area contributed by atoms with Crippen LogP contribution in [-0.4, -0.2) is 33.5 Å². The molecule has 0 amide bonds. The second kappa shape index (κ2) is 14.0. The summed E-state index contributed by atoms with van der Waals surface area (Å²) in [6, 6.07) is 7.51. The third-order valence-electron chi connectivity index (χ3n) is 4.68. The van der Waals surface area contributed by atoms with Crippen LogP contribution in [-0.2, 0) is 22.3 Å². The maximum atomic E-state index is 12.0. The first-order chi connectivity index (χ1) is 13.9. The highest BCUT2D eigenvalue weighted by Gasteiger charge is 2.12. The van der Waals surface area contributed by atoms with Gasteiger partial charge in [0.1, 0.15) is 0 Å². The van der Waals surface area contributed by atoms with Crippen molar-refractivity contribution in [3.8, 4) is 0 Å². The van der Waals surface area contributed by atoms with Gasteiger partial charge in [-0.3, -0.25) is 0 Å². The Morgan fingerprint density at radius 2 is 1.80 bits per heavy atom. The number of halogens is 1. The van der Waals surface area contributed by atoms with Gasteiger partial charge in [-0.15, -0.1) is 24.0 Å². The van der Waals surface area contributed by atoms with Crippen molar-refractivity contribution in [2.45, 2.75) is 71.2 Å². The zero-order valence-corrected chi connectivity index (χ0v) is 21.6. The number of sulfonamides is 1. The van der Waals surface area contributed by atoms with Gasteiger partial charge in [-0.2, -0.15) is 0 Å². The molecular formula is C22H37IN4O2S. The number of allylic oxidation sites excluding steroid dienone is 1. The molecule has 1 aromatic rings. The summed E-state index contributed by atoms with van der Waals surface area (Å²) in [6.45, 7) is 7.95. The third-order valence-corrected chi connectivity index (χ3v) is 6.23. The molecule has 0 aromatic heterocycles. The van der Waals surface area contributed by atoms with Crippen LogP contribution in [0.25, 0.3) is 0 Å². The lowest BCUT2D eigenvalue weighted by atomic mass is 9.97. The highest BCUT2D eigenvalue weighted by Crippen LogP contribution is 2.19. The molecule has 0 unspecified atom stereocenters. The molecule has 0 radical (unpaired) electrons. The molecule has 0 fully saturated rings. The van der Waals surface area contributed by atoms with E-state index in [4.69, 9.17) is 0 Å². The molecule has 30 heavy (non-hydrogen) atoms. The van der Waals surface area contributed by atoms with Crippen LogP contribution in [0.2, 0.25) is 0 Å². The van der Waals surface area contributed by atoms with E-state index in [-0.39, 0.29) is 35.8 Å².